The molecule has 20 heavy (non-hydrogen) atoms. The average Bonchev–Trinajstić information content (AvgIpc) is 2.93. The first kappa shape index (κ1) is 15.7. The van der Waals surface area contributed by atoms with Crippen molar-refractivity contribution < 1.29 is 9.90 Å². The average molecular weight is 283 g/mol. The van der Waals surface area contributed by atoms with Gasteiger partial charge in [-0.15, -0.1) is 0 Å². The van der Waals surface area contributed by atoms with Crippen LogP contribution in [0.15, 0.2) is 0 Å². The lowest BCUT2D eigenvalue weighted by Crippen LogP contribution is -2.61. The van der Waals surface area contributed by atoms with Gasteiger partial charge in [-0.2, -0.15) is 0 Å². The molecule has 0 bridgehead atoms. The first-order valence-electron chi connectivity index (χ1n) is 7.95. The second-order valence-electron chi connectivity index (χ2n) is 6.46. The maximum absolute atomic E-state index is 12.9. The van der Waals surface area contributed by atoms with E-state index in [0.717, 1.165) is 58.4 Å². The minimum atomic E-state index is -0.413. The Morgan fingerprint density at radius 3 is 2.65 bits per heavy atom. The van der Waals surface area contributed by atoms with Crippen molar-refractivity contribution in [3.8, 4) is 0 Å². The lowest BCUT2D eigenvalue weighted by Gasteiger charge is -2.43. The standard InChI is InChI=1S/C15H29N3O2/c1-15(2,17-10-7-16-8-11-17)14(20)18-9-3-5-13(18)6-4-12-19/h13,16,19H,3-12H2,1-2H3. The summed E-state index contributed by atoms with van der Waals surface area (Å²) < 4.78 is 0. The summed E-state index contributed by atoms with van der Waals surface area (Å²) in [6.07, 6.45) is 3.91. The highest BCUT2D eigenvalue weighted by Crippen LogP contribution is 2.27. The lowest BCUT2D eigenvalue weighted by molar-refractivity contribution is -0.144. The molecule has 0 aromatic rings. The Kier molecular flexibility index (Phi) is 5.41. The molecule has 0 radical (unpaired) electrons. The molecule has 2 aliphatic rings. The predicted octanol–water partition coefficient (Wildman–Crippen LogP) is 0.434. The zero-order chi connectivity index (χ0) is 14.6. The number of aliphatic hydroxyl groups excluding tert-OH is 1. The second kappa shape index (κ2) is 6.87. The fourth-order valence-electron chi connectivity index (χ4n) is 3.44. The van der Waals surface area contributed by atoms with Crippen LogP contribution in [0.2, 0.25) is 0 Å². The van der Waals surface area contributed by atoms with Crippen LogP contribution in [0.1, 0.15) is 39.5 Å². The van der Waals surface area contributed by atoms with Gasteiger partial charge in [0, 0.05) is 45.4 Å². The fourth-order valence-corrected chi connectivity index (χ4v) is 3.44. The van der Waals surface area contributed by atoms with Gasteiger partial charge >= 0.3 is 0 Å². The molecule has 1 amide bonds. The van der Waals surface area contributed by atoms with Crippen LogP contribution in [0.25, 0.3) is 0 Å². The fraction of sp³-hybridized carbons (Fsp3) is 0.933. The maximum Gasteiger partial charge on any atom is 0.242 e. The first-order chi connectivity index (χ1) is 9.57. The minimum absolute atomic E-state index is 0.222. The number of carbonyl (C=O) groups excluding carboxylic acids is 1. The number of likely N-dealkylation sites (tertiary alicyclic amines) is 1. The molecule has 0 aromatic heterocycles. The summed E-state index contributed by atoms with van der Waals surface area (Å²) in [7, 11) is 0. The number of hydrogen-bond donors (Lipinski definition) is 2. The van der Waals surface area contributed by atoms with Crippen LogP contribution < -0.4 is 5.32 Å². The molecule has 1 unspecified atom stereocenters. The van der Waals surface area contributed by atoms with Gasteiger partial charge in [-0.05, 0) is 39.5 Å². The van der Waals surface area contributed by atoms with Gasteiger partial charge in [-0.1, -0.05) is 0 Å². The number of amides is 1. The van der Waals surface area contributed by atoms with Gasteiger partial charge in [-0.25, -0.2) is 0 Å². The van der Waals surface area contributed by atoms with E-state index < -0.39 is 5.54 Å². The van der Waals surface area contributed by atoms with Crippen molar-refractivity contribution in [2.45, 2.75) is 51.1 Å². The topological polar surface area (TPSA) is 55.8 Å². The Morgan fingerprint density at radius 1 is 1.30 bits per heavy atom. The highest BCUT2D eigenvalue weighted by molar-refractivity contribution is 5.86. The summed E-state index contributed by atoms with van der Waals surface area (Å²) in [6.45, 7) is 9.02. The highest BCUT2D eigenvalue weighted by Gasteiger charge is 2.41. The molecule has 1 atom stereocenters. The molecule has 116 valence electrons. The summed E-state index contributed by atoms with van der Waals surface area (Å²) in [4.78, 5) is 17.3. The number of carbonyl (C=O) groups is 1. The van der Waals surface area contributed by atoms with Crippen LogP contribution in [-0.2, 0) is 4.79 Å². The van der Waals surface area contributed by atoms with Crippen LogP contribution in [0.4, 0.5) is 0 Å². The molecule has 5 nitrogen and oxygen atoms in total. The van der Waals surface area contributed by atoms with Crippen molar-refractivity contribution >= 4 is 5.91 Å². The molecule has 5 heteroatoms. The minimum Gasteiger partial charge on any atom is -0.396 e. The zero-order valence-corrected chi connectivity index (χ0v) is 12.9. The number of nitrogens with one attached hydrogen (secondary N) is 1. The van der Waals surface area contributed by atoms with Crippen molar-refractivity contribution in [2.24, 2.45) is 0 Å². The Hall–Kier alpha value is -0.650. The number of aliphatic hydroxyl groups is 1. The highest BCUT2D eigenvalue weighted by atomic mass is 16.3. The predicted molar refractivity (Wildman–Crippen MR) is 79.6 cm³/mol. The Morgan fingerprint density at radius 2 is 2.00 bits per heavy atom. The van der Waals surface area contributed by atoms with Gasteiger partial charge in [0.05, 0.1) is 5.54 Å². The van der Waals surface area contributed by atoms with E-state index in [1.165, 1.54) is 0 Å². The van der Waals surface area contributed by atoms with Gasteiger partial charge in [-0.3, -0.25) is 9.69 Å². The van der Waals surface area contributed by atoms with E-state index >= 15 is 0 Å². The van der Waals surface area contributed by atoms with E-state index in [9.17, 15) is 4.79 Å². The van der Waals surface area contributed by atoms with E-state index in [4.69, 9.17) is 5.11 Å². The molecule has 2 saturated heterocycles. The Labute approximate surface area is 122 Å². The van der Waals surface area contributed by atoms with Gasteiger partial charge in [0.2, 0.25) is 5.91 Å². The largest absolute Gasteiger partial charge is 0.396 e. The van der Waals surface area contributed by atoms with Crippen LogP contribution in [0.3, 0.4) is 0 Å². The van der Waals surface area contributed by atoms with Gasteiger partial charge in [0.25, 0.3) is 0 Å². The molecular formula is C15H29N3O2. The quantitative estimate of drug-likeness (QED) is 0.768. The van der Waals surface area contributed by atoms with E-state index in [1.807, 2.05) is 0 Å². The SMILES string of the molecule is CC(C)(C(=O)N1CCCC1CCCO)N1CCNCC1. The van der Waals surface area contributed by atoms with Crippen molar-refractivity contribution in [1.29, 1.82) is 0 Å². The maximum atomic E-state index is 12.9. The van der Waals surface area contributed by atoms with Crippen molar-refractivity contribution in [3.63, 3.8) is 0 Å². The summed E-state index contributed by atoms with van der Waals surface area (Å²) in [6, 6.07) is 0.330. The van der Waals surface area contributed by atoms with Crippen LogP contribution in [0.5, 0.6) is 0 Å². The number of piperazine rings is 1. The molecule has 0 saturated carbocycles. The van der Waals surface area contributed by atoms with E-state index in [0.29, 0.717) is 6.04 Å². The molecule has 2 heterocycles. The van der Waals surface area contributed by atoms with Gasteiger partial charge in [0.1, 0.15) is 0 Å². The number of rotatable bonds is 5. The molecular weight excluding hydrogens is 254 g/mol. The monoisotopic (exact) mass is 283 g/mol. The number of hydrogen-bond acceptors (Lipinski definition) is 4. The third-order valence-corrected chi connectivity index (χ3v) is 4.76. The molecule has 0 spiro atoms. The van der Waals surface area contributed by atoms with Gasteiger partial charge < -0.3 is 15.3 Å². The molecule has 2 N–H and O–H groups in total. The molecule has 0 aromatic carbocycles. The summed E-state index contributed by atoms with van der Waals surface area (Å²) in [5.74, 6) is 0.264. The summed E-state index contributed by atoms with van der Waals surface area (Å²) in [5, 5.41) is 12.3. The van der Waals surface area contributed by atoms with E-state index in [2.05, 4.69) is 29.0 Å². The third-order valence-electron chi connectivity index (χ3n) is 4.76. The second-order valence-corrected chi connectivity index (χ2v) is 6.46. The molecule has 2 rings (SSSR count). The van der Waals surface area contributed by atoms with Crippen molar-refractivity contribution in [1.82, 2.24) is 15.1 Å². The zero-order valence-electron chi connectivity index (χ0n) is 12.9. The Balaban J connectivity index is 2.00. The first-order valence-corrected chi connectivity index (χ1v) is 7.95. The van der Waals surface area contributed by atoms with Crippen LogP contribution in [-0.4, -0.2) is 71.7 Å². The molecule has 0 aliphatic carbocycles. The van der Waals surface area contributed by atoms with Crippen molar-refractivity contribution in [2.75, 3.05) is 39.3 Å². The molecule has 2 fully saturated rings. The van der Waals surface area contributed by atoms with Crippen molar-refractivity contribution in [3.05, 3.63) is 0 Å². The van der Waals surface area contributed by atoms with Gasteiger partial charge in [0.15, 0.2) is 0 Å². The van der Waals surface area contributed by atoms with Crippen LogP contribution >= 0.6 is 0 Å². The lowest BCUT2D eigenvalue weighted by atomic mass is 9.98. The number of nitrogens with zero attached hydrogens (tertiary/aromatic N) is 2. The molecule has 2 aliphatic heterocycles. The smallest absolute Gasteiger partial charge is 0.242 e. The third kappa shape index (κ3) is 3.32. The van der Waals surface area contributed by atoms with E-state index in [1.54, 1.807) is 0 Å². The summed E-state index contributed by atoms with van der Waals surface area (Å²) >= 11 is 0. The van der Waals surface area contributed by atoms with Crippen LogP contribution in [0, 0.1) is 0 Å². The normalized spacial score (nSPS) is 25.1. The summed E-state index contributed by atoms with van der Waals surface area (Å²) in [5.41, 5.74) is -0.413. The van der Waals surface area contributed by atoms with E-state index in [-0.39, 0.29) is 12.5 Å². The Bertz CT molecular complexity index is 327.